The molecule has 2 aromatic rings. The van der Waals surface area contributed by atoms with Crippen molar-refractivity contribution in [3.8, 4) is 11.6 Å². The molecule has 2 heterocycles. The number of hydrogen-bond acceptors (Lipinski definition) is 3. The number of nitrogens with zero attached hydrogens (tertiary/aromatic N) is 1. The normalized spacial score (nSPS) is 16.1. The summed E-state index contributed by atoms with van der Waals surface area (Å²) in [6.45, 7) is 1.87. The first kappa shape index (κ1) is 12.7. The van der Waals surface area contributed by atoms with Gasteiger partial charge in [0.1, 0.15) is 10.2 Å². The number of rotatable bonds is 2. The summed E-state index contributed by atoms with van der Waals surface area (Å²) in [4.78, 5) is 19.4. The van der Waals surface area contributed by atoms with Gasteiger partial charge in [0.2, 0.25) is 0 Å². The van der Waals surface area contributed by atoms with Gasteiger partial charge in [0.15, 0.2) is 11.6 Å². The Balaban J connectivity index is 2.09. The van der Waals surface area contributed by atoms with E-state index in [0.717, 1.165) is 24.3 Å². The third-order valence-corrected chi connectivity index (χ3v) is 4.37. The summed E-state index contributed by atoms with van der Waals surface area (Å²) in [7, 11) is 0. The number of H-pyrrole nitrogens is 1. The monoisotopic (exact) mass is 322 g/mol. The van der Waals surface area contributed by atoms with E-state index < -0.39 is 0 Å². The van der Waals surface area contributed by atoms with Crippen molar-refractivity contribution >= 4 is 15.9 Å². The minimum Gasteiger partial charge on any atom is -0.458 e. The van der Waals surface area contributed by atoms with E-state index in [4.69, 9.17) is 4.42 Å². The average molecular weight is 323 g/mol. The van der Waals surface area contributed by atoms with Crippen molar-refractivity contribution in [3.63, 3.8) is 0 Å². The molecule has 1 N–H and O–H groups in total. The zero-order valence-corrected chi connectivity index (χ0v) is 12.3. The highest BCUT2D eigenvalue weighted by Crippen LogP contribution is 2.36. The van der Waals surface area contributed by atoms with E-state index >= 15 is 0 Å². The van der Waals surface area contributed by atoms with Crippen molar-refractivity contribution < 1.29 is 4.42 Å². The molecule has 0 aliphatic heterocycles. The van der Waals surface area contributed by atoms with Crippen molar-refractivity contribution in [1.29, 1.82) is 0 Å². The summed E-state index contributed by atoms with van der Waals surface area (Å²) < 4.78 is 6.10. The van der Waals surface area contributed by atoms with Gasteiger partial charge in [-0.05, 0) is 47.8 Å². The third-order valence-electron chi connectivity index (χ3n) is 3.60. The van der Waals surface area contributed by atoms with E-state index in [9.17, 15) is 4.79 Å². The fraction of sp³-hybridized carbons (Fsp3) is 0.429. The largest absolute Gasteiger partial charge is 0.458 e. The molecule has 1 aliphatic carbocycles. The molecule has 19 heavy (non-hydrogen) atoms. The first-order valence-electron chi connectivity index (χ1n) is 6.51. The van der Waals surface area contributed by atoms with Gasteiger partial charge in [-0.25, -0.2) is 4.98 Å². The molecule has 1 saturated carbocycles. The van der Waals surface area contributed by atoms with E-state index in [2.05, 4.69) is 25.9 Å². The highest BCUT2D eigenvalue weighted by molar-refractivity contribution is 9.10. The van der Waals surface area contributed by atoms with Gasteiger partial charge in [-0.3, -0.25) is 4.79 Å². The number of halogens is 1. The number of aromatic nitrogens is 2. The molecule has 0 spiro atoms. The Kier molecular flexibility index (Phi) is 3.31. The van der Waals surface area contributed by atoms with Crippen LogP contribution in [0.5, 0.6) is 0 Å². The van der Waals surface area contributed by atoms with Crippen LogP contribution in [0.15, 0.2) is 25.8 Å². The fourth-order valence-electron chi connectivity index (χ4n) is 2.62. The molecule has 4 nitrogen and oxygen atoms in total. The third kappa shape index (κ3) is 2.39. The van der Waals surface area contributed by atoms with Crippen LogP contribution in [0.2, 0.25) is 0 Å². The molecule has 0 atom stereocenters. The zero-order chi connectivity index (χ0) is 13.4. The van der Waals surface area contributed by atoms with E-state index in [1.165, 1.54) is 12.8 Å². The van der Waals surface area contributed by atoms with Crippen LogP contribution in [0.3, 0.4) is 0 Å². The van der Waals surface area contributed by atoms with Gasteiger partial charge < -0.3 is 9.40 Å². The molecule has 0 bridgehead atoms. The Morgan fingerprint density at radius 3 is 2.74 bits per heavy atom. The minimum absolute atomic E-state index is 0.138. The lowest BCUT2D eigenvalue weighted by atomic mass is 10.0. The number of hydrogen-bond donors (Lipinski definition) is 1. The molecule has 1 fully saturated rings. The second-order valence-electron chi connectivity index (χ2n) is 5.01. The number of aryl methyl sites for hydroxylation is 1. The van der Waals surface area contributed by atoms with E-state index in [1.54, 1.807) is 0 Å². The van der Waals surface area contributed by atoms with Gasteiger partial charge in [0.05, 0.1) is 5.69 Å². The Bertz CT molecular complexity index is 654. The van der Waals surface area contributed by atoms with Crippen molar-refractivity contribution in [2.45, 2.75) is 38.5 Å². The predicted octanol–water partition coefficient (Wildman–Crippen LogP) is 3.76. The lowest BCUT2D eigenvalue weighted by Crippen LogP contribution is -2.15. The summed E-state index contributed by atoms with van der Waals surface area (Å²) in [5.74, 6) is 2.32. The topological polar surface area (TPSA) is 58.9 Å². The Morgan fingerprint density at radius 2 is 2.11 bits per heavy atom. The predicted molar refractivity (Wildman–Crippen MR) is 76.2 cm³/mol. The van der Waals surface area contributed by atoms with Crippen LogP contribution in [0.1, 0.15) is 43.1 Å². The first-order chi connectivity index (χ1) is 9.15. The van der Waals surface area contributed by atoms with Crippen LogP contribution in [0, 0.1) is 6.92 Å². The van der Waals surface area contributed by atoms with Crippen molar-refractivity contribution in [1.82, 2.24) is 9.97 Å². The Morgan fingerprint density at radius 1 is 1.37 bits per heavy atom. The minimum atomic E-state index is -0.138. The quantitative estimate of drug-likeness (QED) is 0.915. The lowest BCUT2D eigenvalue weighted by molar-refractivity contribution is 0.542. The molecule has 1 aliphatic rings. The molecule has 2 aromatic heterocycles. The van der Waals surface area contributed by atoms with Gasteiger partial charge in [-0.15, -0.1) is 0 Å². The van der Waals surface area contributed by atoms with Gasteiger partial charge >= 0.3 is 0 Å². The second kappa shape index (κ2) is 4.96. The van der Waals surface area contributed by atoms with Gasteiger partial charge in [0.25, 0.3) is 5.56 Å². The van der Waals surface area contributed by atoms with Gasteiger partial charge in [-0.1, -0.05) is 12.8 Å². The van der Waals surface area contributed by atoms with E-state index in [-0.39, 0.29) is 5.56 Å². The number of furan rings is 1. The summed E-state index contributed by atoms with van der Waals surface area (Å²) in [5.41, 5.74) is 0.728. The van der Waals surface area contributed by atoms with Crippen LogP contribution < -0.4 is 5.56 Å². The Hall–Kier alpha value is -1.36. The standard InChI is InChI=1S/C14H15BrN2O2/c1-8-6-7-10(19-8)13-16-12(9-4-2-3-5-9)11(15)14(18)17-13/h6-7,9H,2-5H2,1H3,(H,16,17,18). The van der Waals surface area contributed by atoms with Crippen LogP contribution >= 0.6 is 15.9 Å². The maximum atomic E-state index is 12.0. The smallest absolute Gasteiger partial charge is 0.265 e. The molecule has 100 valence electrons. The molecule has 0 amide bonds. The van der Waals surface area contributed by atoms with E-state index in [0.29, 0.717) is 22.0 Å². The van der Waals surface area contributed by atoms with Crippen LogP contribution in [-0.4, -0.2) is 9.97 Å². The zero-order valence-electron chi connectivity index (χ0n) is 10.7. The molecule has 0 aromatic carbocycles. The van der Waals surface area contributed by atoms with Crippen LogP contribution in [-0.2, 0) is 0 Å². The number of aromatic amines is 1. The fourth-order valence-corrected chi connectivity index (χ4v) is 3.14. The summed E-state index contributed by atoms with van der Waals surface area (Å²) in [5, 5.41) is 0. The molecule has 0 unspecified atom stereocenters. The van der Waals surface area contributed by atoms with E-state index in [1.807, 2.05) is 19.1 Å². The van der Waals surface area contributed by atoms with Crippen molar-refractivity contribution in [2.24, 2.45) is 0 Å². The van der Waals surface area contributed by atoms with Gasteiger partial charge in [0, 0.05) is 5.92 Å². The maximum Gasteiger partial charge on any atom is 0.265 e. The second-order valence-corrected chi connectivity index (χ2v) is 5.80. The van der Waals surface area contributed by atoms with Gasteiger partial charge in [-0.2, -0.15) is 0 Å². The van der Waals surface area contributed by atoms with Crippen LogP contribution in [0.4, 0.5) is 0 Å². The molecule has 3 rings (SSSR count). The maximum absolute atomic E-state index is 12.0. The SMILES string of the molecule is Cc1ccc(-c2nc(C3CCCC3)c(Br)c(=O)[nH]2)o1. The Labute approximate surface area is 119 Å². The summed E-state index contributed by atoms with van der Waals surface area (Å²) >= 11 is 3.37. The summed E-state index contributed by atoms with van der Waals surface area (Å²) in [6, 6.07) is 3.70. The number of nitrogens with one attached hydrogen (secondary N) is 1. The molecule has 0 saturated heterocycles. The van der Waals surface area contributed by atoms with Crippen molar-refractivity contribution in [2.75, 3.05) is 0 Å². The van der Waals surface area contributed by atoms with Crippen molar-refractivity contribution in [3.05, 3.63) is 38.4 Å². The first-order valence-corrected chi connectivity index (χ1v) is 7.31. The molecular formula is C14H15BrN2O2. The van der Waals surface area contributed by atoms with Crippen LogP contribution in [0.25, 0.3) is 11.6 Å². The lowest BCUT2D eigenvalue weighted by Gasteiger charge is -2.11. The highest BCUT2D eigenvalue weighted by atomic mass is 79.9. The summed E-state index contributed by atoms with van der Waals surface area (Å²) in [6.07, 6.45) is 4.62. The molecule has 0 radical (unpaired) electrons. The highest BCUT2D eigenvalue weighted by Gasteiger charge is 2.23. The molecular weight excluding hydrogens is 308 g/mol. The molecule has 5 heteroatoms. The average Bonchev–Trinajstić information content (AvgIpc) is 3.03.